The normalized spacial score (nSPS) is 22.5. The number of fused-ring (bicyclic) bond motifs is 1. The Kier molecular flexibility index (Phi) is 5.96. The van der Waals surface area contributed by atoms with E-state index in [0.29, 0.717) is 25.5 Å². The maximum atomic E-state index is 15.6. The summed E-state index contributed by atoms with van der Waals surface area (Å²) in [5.74, 6) is -1.45. The Balaban J connectivity index is 1.61. The van der Waals surface area contributed by atoms with E-state index < -0.39 is 35.0 Å². The SMILES string of the molecule is CCNC(c1ncco1)C1CCN(c2c(F)cc3c(=O)c(C(=O)O)cn(C4CC4F)c3c2OC)C1. The average molecular weight is 488 g/mol. The number of oxazole rings is 1. The Labute approximate surface area is 199 Å². The van der Waals surface area contributed by atoms with E-state index in [0.717, 1.165) is 18.7 Å². The summed E-state index contributed by atoms with van der Waals surface area (Å²) in [6.45, 7) is 3.65. The number of pyridine rings is 1. The van der Waals surface area contributed by atoms with Crippen molar-refractivity contribution in [1.29, 1.82) is 0 Å². The quantitative estimate of drug-likeness (QED) is 0.497. The molecule has 4 unspecified atom stereocenters. The Hall–Kier alpha value is -3.47. The lowest BCUT2D eigenvalue weighted by atomic mass is 9.98. The molecule has 1 aliphatic heterocycles. The number of ether oxygens (including phenoxy) is 1. The predicted molar refractivity (Wildman–Crippen MR) is 123 cm³/mol. The third kappa shape index (κ3) is 3.93. The van der Waals surface area contributed by atoms with Crippen LogP contribution < -0.4 is 20.4 Å². The van der Waals surface area contributed by atoms with E-state index in [1.54, 1.807) is 6.20 Å². The molecule has 11 heteroatoms. The fourth-order valence-corrected chi connectivity index (χ4v) is 5.11. The van der Waals surface area contributed by atoms with Gasteiger partial charge in [0.05, 0.1) is 36.3 Å². The summed E-state index contributed by atoms with van der Waals surface area (Å²) in [6, 6.07) is 0.236. The Morgan fingerprint density at radius 3 is 2.83 bits per heavy atom. The van der Waals surface area contributed by atoms with Gasteiger partial charge in [0.2, 0.25) is 11.3 Å². The van der Waals surface area contributed by atoms with E-state index in [-0.39, 0.29) is 40.7 Å². The topological polar surface area (TPSA) is 110 Å². The number of methoxy groups -OCH3 is 1. The van der Waals surface area contributed by atoms with Gasteiger partial charge in [0.25, 0.3) is 0 Å². The van der Waals surface area contributed by atoms with Crippen LogP contribution >= 0.6 is 0 Å². The smallest absolute Gasteiger partial charge is 0.341 e. The van der Waals surface area contributed by atoms with Crippen LogP contribution in [0.1, 0.15) is 48.1 Å². The fourth-order valence-electron chi connectivity index (χ4n) is 5.11. The van der Waals surface area contributed by atoms with E-state index in [1.165, 1.54) is 17.9 Å². The third-order valence-electron chi connectivity index (χ3n) is 6.82. The van der Waals surface area contributed by atoms with Crippen LogP contribution in [0.15, 0.2) is 33.9 Å². The second-order valence-corrected chi connectivity index (χ2v) is 8.94. The predicted octanol–water partition coefficient (Wildman–Crippen LogP) is 3.30. The van der Waals surface area contributed by atoms with Gasteiger partial charge in [-0.15, -0.1) is 0 Å². The first kappa shape index (κ1) is 23.3. The number of hydrogen-bond donors (Lipinski definition) is 2. The molecular weight excluding hydrogens is 462 g/mol. The molecule has 186 valence electrons. The van der Waals surface area contributed by atoms with Gasteiger partial charge in [-0.1, -0.05) is 6.92 Å². The van der Waals surface area contributed by atoms with E-state index in [4.69, 9.17) is 9.15 Å². The van der Waals surface area contributed by atoms with Gasteiger partial charge in [-0.2, -0.15) is 0 Å². The summed E-state index contributed by atoms with van der Waals surface area (Å²) in [5.41, 5.74) is -1.01. The number of aromatic nitrogens is 2. The number of anilines is 1. The summed E-state index contributed by atoms with van der Waals surface area (Å²) >= 11 is 0. The zero-order valence-corrected chi connectivity index (χ0v) is 19.3. The number of benzene rings is 1. The number of aromatic carboxylic acids is 1. The minimum atomic E-state index is -1.45. The van der Waals surface area contributed by atoms with E-state index in [9.17, 15) is 19.1 Å². The minimum Gasteiger partial charge on any atom is -0.492 e. The number of hydrogen-bond acceptors (Lipinski definition) is 7. The molecular formula is C24H26F2N4O5. The Morgan fingerprint density at radius 2 is 2.23 bits per heavy atom. The van der Waals surface area contributed by atoms with E-state index in [2.05, 4.69) is 10.3 Å². The molecule has 3 aromatic rings. The van der Waals surface area contributed by atoms with Crippen LogP contribution in [-0.4, -0.2) is 53.5 Å². The average Bonchev–Trinajstić information content (AvgIpc) is 3.23. The lowest BCUT2D eigenvalue weighted by Gasteiger charge is -2.26. The maximum absolute atomic E-state index is 15.6. The number of halogens is 2. The molecule has 5 rings (SSSR count). The van der Waals surface area contributed by atoms with Gasteiger partial charge in [-0.25, -0.2) is 18.6 Å². The molecule has 9 nitrogen and oxygen atoms in total. The Bertz CT molecular complexity index is 1330. The molecule has 2 fully saturated rings. The van der Waals surface area contributed by atoms with Crippen LogP contribution in [0.4, 0.5) is 14.5 Å². The van der Waals surface area contributed by atoms with E-state index >= 15 is 4.39 Å². The molecule has 2 aliphatic rings. The van der Waals surface area contributed by atoms with Crippen molar-refractivity contribution in [3.8, 4) is 5.75 Å². The van der Waals surface area contributed by atoms with Gasteiger partial charge < -0.3 is 29.0 Å². The first-order valence-corrected chi connectivity index (χ1v) is 11.6. The molecule has 0 spiro atoms. The highest BCUT2D eigenvalue weighted by atomic mass is 19.1. The van der Waals surface area contributed by atoms with Crippen LogP contribution in [0.3, 0.4) is 0 Å². The summed E-state index contributed by atoms with van der Waals surface area (Å²) in [4.78, 5) is 30.7. The molecule has 0 bridgehead atoms. The van der Waals surface area contributed by atoms with Crippen LogP contribution in [0.5, 0.6) is 5.75 Å². The van der Waals surface area contributed by atoms with Gasteiger partial charge in [0.1, 0.15) is 23.7 Å². The number of nitrogens with zero attached hydrogens (tertiary/aromatic N) is 3. The lowest BCUT2D eigenvalue weighted by Crippen LogP contribution is -2.31. The van der Waals surface area contributed by atoms with Crippen molar-refractivity contribution in [3.05, 3.63) is 52.2 Å². The lowest BCUT2D eigenvalue weighted by molar-refractivity contribution is 0.0694. The maximum Gasteiger partial charge on any atom is 0.341 e. The molecule has 35 heavy (non-hydrogen) atoms. The number of nitrogens with one attached hydrogen (secondary N) is 1. The van der Waals surface area contributed by atoms with Gasteiger partial charge in [-0.05, 0) is 19.0 Å². The molecule has 4 atom stereocenters. The van der Waals surface area contributed by atoms with Crippen molar-refractivity contribution in [2.75, 3.05) is 31.6 Å². The molecule has 0 radical (unpaired) electrons. The number of carboxylic acid groups (broad SMARTS) is 1. The highest BCUT2D eigenvalue weighted by molar-refractivity contribution is 5.97. The number of carboxylic acids is 1. The number of alkyl halides is 1. The number of carbonyl (C=O) groups is 1. The first-order valence-electron chi connectivity index (χ1n) is 11.6. The van der Waals surface area contributed by atoms with Gasteiger partial charge in [-0.3, -0.25) is 4.79 Å². The zero-order chi connectivity index (χ0) is 24.9. The summed E-state index contributed by atoms with van der Waals surface area (Å²) in [7, 11) is 1.36. The molecule has 0 amide bonds. The molecule has 2 aromatic heterocycles. The zero-order valence-electron chi connectivity index (χ0n) is 19.3. The van der Waals surface area contributed by atoms with Gasteiger partial charge in [0.15, 0.2) is 11.6 Å². The van der Waals surface area contributed by atoms with Crippen molar-refractivity contribution in [1.82, 2.24) is 14.9 Å². The highest BCUT2D eigenvalue weighted by Crippen LogP contribution is 2.46. The van der Waals surface area contributed by atoms with Crippen molar-refractivity contribution in [2.24, 2.45) is 5.92 Å². The molecule has 2 N–H and O–H groups in total. The van der Waals surface area contributed by atoms with Crippen LogP contribution in [0.2, 0.25) is 0 Å². The second kappa shape index (κ2) is 8.95. The summed E-state index contributed by atoms with van der Waals surface area (Å²) < 4.78 is 42.2. The standard InChI is InChI=1S/C24H26F2N4O5/c1-3-27-18(23-28-5-7-35-23)12-4-6-29(10-12)20-16(26)8-13-19(22(20)34-2)30(17-9-15(17)25)11-14(21(13)31)24(32)33/h5,7-8,11-12,15,17-18,27H,3-4,6,9-10H2,1-2H3,(H,32,33). The second-order valence-electron chi connectivity index (χ2n) is 8.94. The fraction of sp³-hybridized carbons (Fsp3) is 0.458. The summed E-state index contributed by atoms with van der Waals surface area (Å²) in [5, 5.41) is 12.7. The highest BCUT2D eigenvalue weighted by Gasteiger charge is 2.42. The van der Waals surface area contributed by atoms with Crippen LogP contribution in [0.25, 0.3) is 10.9 Å². The Morgan fingerprint density at radius 1 is 1.46 bits per heavy atom. The molecule has 3 heterocycles. The van der Waals surface area contributed by atoms with Crippen molar-refractivity contribution in [3.63, 3.8) is 0 Å². The van der Waals surface area contributed by atoms with Gasteiger partial charge in [0, 0.05) is 31.6 Å². The molecule has 1 saturated heterocycles. The van der Waals surface area contributed by atoms with Crippen molar-refractivity contribution in [2.45, 2.75) is 38.0 Å². The largest absolute Gasteiger partial charge is 0.492 e. The minimum absolute atomic E-state index is 0.0589. The summed E-state index contributed by atoms with van der Waals surface area (Å²) in [6.07, 6.45) is 3.95. The van der Waals surface area contributed by atoms with Crippen LogP contribution in [0, 0.1) is 11.7 Å². The monoisotopic (exact) mass is 488 g/mol. The molecule has 1 aliphatic carbocycles. The van der Waals surface area contributed by atoms with Crippen LogP contribution in [-0.2, 0) is 0 Å². The number of rotatable bonds is 8. The van der Waals surface area contributed by atoms with E-state index in [1.807, 2.05) is 11.8 Å². The third-order valence-corrected chi connectivity index (χ3v) is 6.82. The van der Waals surface area contributed by atoms with Gasteiger partial charge >= 0.3 is 5.97 Å². The van der Waals surface area contributed by atoms with Crippen molar-refractivity contribution >= 4 is 22.6 Å². The first-order chi connectivity index (χ1) is 16.8. The van der Waals surface area contributed by atoms with Crippen molar-refractivity contribution < 1.29 is 27.8 Å². The molecule has 1 saturated carbocycles. The molecule has 1 aromatic carbocycles.